The fourth-order valence-corrected chi connectivity index (χ4v) is 1.67. The second kappa shape index (κ2) is 5.16. The smallest absolute Gasteiger partial charge is 0.200 e. The van der Waals surface area contributed by atoms with Gasteiger partial charge in [-0.25, -0.2) is 0 Å². The number of hydrogen-bond acceptors (Lipinski definition) is 1. The molecule has 0 atom stereocenters. The molecule has 17 heavy (non-hydrogen) atoms. The fraction of sp³-hybridized carbons (Fsp3) is 0.0714. The van der Waals surface area contributed by atoms with Crippen molar-refractivity contribution < 1.29 is 0 Å². The van der Waals surface area contributed by atoms with Gasteiger partial charge >= 0.3 is 0 Å². The topological polar surface area (TPSA) is 39.1 Å². The van der Waals surface area contributed by atoms with Gasteiger partial charge in [0, 0.05) is 18.4 Å². The molecule has 0 spiro atoms. The van der Waals surface area contributed by atoms with Gasteiger partial charge < -0.3 is 5.32 Å². The van der Waals surface area contributed by atoms with Crippen LogP contribution in [0, 0.1) is 5.41 Å². The summed E-state index contributed by atoms with van der Waals surface area (Å²) >= 11 is 0. The lowest BCUT2D eigenvalue weighted by Gasteiger charge is -2.24. The molecule has 3 heteroatoms. The highest BCUT2D eigenvalue weighted by Gasteiger charge is 2.12. The highest BCUT2D eigenvalue weighted by molar-refractivity contribution is 6.00. The Morgan fingerprint density at radius 1 is 0.882 bits per heavy atom. The number of nitrogens with zero attached hydrogens (tertiary/aromatic N) is 1. The van der Waals surface area contributed by atoms with Gasteiger partial charge in [0.15, 0.2) is 5.96 Å². The summed E-state index contributed by atoms with van der Waals surface area (Å²) in [6.07, 6.45) is 0. The minimum Gasteiger partial charge on any atom is -0.359 e. The molecule has 0 heterocycles. The Labute approximate surface area is 101 Å². The zero-order valence-electron chi connectivity index (χ0n) is 9.72. The molecule has 0 fully saturated rings. The third kappa shape index (κ3) is 2.45. The summed E-state index contributed by atoms with van der Waals surface area (Å²) < 4.78 is 0. The minimum atomic E-state index is 0.349. The number of hydrogen-bond donors (Lipinski definition) is 2. The Bertz CT molecular complexity index is 440. The third-order valence-corrected chi connectivity index (χ3v) is 2.49. The van der Waals surface area contributed by atoms with Gasteiger partial charge in [0.05, 0.1) is 0 Å². The first kappa shape index (κ1) is 11.2. The summed E-state index contributed by atoms with van der Waals surface area (Å²) in [5.74, 6) is 0.349. The van der Waals surface area contributed by atoms with E-state index < -0.39 is 0 Å². The van der Waals surface area contributed by atoms with Gasteiger partial charge in [-0.1, -0.05) is 36.4 Å². The zero-order chi connectivity index (χ0) is 12.1. The Kier molecular flexibility index (Phi) is 3.40. The molecular formula is C14H15N3. The second-order valence-electron chi connectivity index (χ2n) is 3.61. The van der Waals surface area contributed by atoms with E-state index in [9.17, 15) is 0 Å². The van der Waals surface area contributed by atoms with Gasteiger partial charge in [-0.15, -0.1) is 0 Å². The molecule has 0 amide bonds. The van der Waals surface area contributed by atoms with Crippen LogP contribution in [0.1, 0.15) is 0 Å². The lowest BCUT2D eigenvalue weighted by atomic mass is 10.2. The van der Waals surface area contributed by atoms with E-state index in [4.69, 9.17) is 5.41 Å². The van der Waals surface area contributed by atoms with Crippen LogP contribution in [-0.2, 0) is 0 Å². The molecule has 0 aliphatic carbocycles. The van der Waals surface area contributed by atoms with Crippen molar-refractivity contribution in [2.75, 3.05) is 11.9 Å². The number of anilines is 2. The number of benzene rings is 2. The molecule has 0 saturated heterocycles. The van der Waals surface area contributed by atoms with Crippen LogP contribution in [0.4, 0.5) is 11.4 Å². The predicted octanol–water partition coefficient (Wildman–Crippen LogP) is 2.98. The maximum absolute atomic E-state index is 7.98. The summed E-state index contributed by atoms with van der Waals surface area (Å²) in [6.45, 7) is 0. The Morgan fingerprint density at radius 3 is 1.65 bits per heavy atom. The van der Waals surface area contributed by atoms with E-state index in [1.54, 1.807) is 7.05 Å². The lowest BCUT2D eigenvalue weighted by Crippen LogP contribution is -2.35. The van der Waals surface area contributed by atoms with E-state index in [-0.39, 0.29) is 0 Å². The summed E-state index contributed by atoms with van der Waals surface area (Å²) in [4.78, 5) is 1.86. The van der Waals surface area contributed by atoms with Crippen LogP contribution in [-0.4, -0.2) is 13.0 Å². The molecule has 86 valence electrons. The minimum absolute atomic E-state index is 0.349. The molecule has 0 radical (unpaired) electrons. The van der Waals surface area contributed by atoms with Crippen molar-refractivity contribution in [2.24, 2.45) is 0 Å². The van der Waals surface area contributed by atoms with Crippen LogP contribution in [0.15, 0.2) is 60.7 Å². The monoisotopic (exact) mass is 225 g/mol. The fourth-order valence-electron chi connectivity index (χ4n) is 1.67. The van der Waals surface area contributed by atoms with Gasteiger partial charge in [0.25, 0.3) is 0 Å². The van der Waals surface area contributed by atoms with Crippen LogP contribution in [0.3, 0.4) is 0 Å². The normalized spacial score (nSPS) is 9.71. The van der Waals surface area contributed by atoms with Crippen molar-refractivity contribution >= 4 is 17.3 Å². The molecule has 3 nitrogen and oxygen atoms in total. The van der Waals surface area contributed by atoms with Crippen molar-refractivity contribution in [1.29, 1.82) is 5.41 Å². The van der Waals surface area contributed by atoms with E-state index in [1.165, 1.54) is 0 Å². The highest BCUT2D eigenvalue weighted by Crippen LogP contribution is 2.24. The van der Waals surface area contributed by atoms with Gasteiger partial charge in [-0.05, 0) is 24.3 Å². The number of para-hydroxylation sites is 2. The molecule has 2 N–H and O–H groups in total. The van der Waals surface area contributed by atoms with E-state index in [2.05, 4.69) is 5.32 Å². The van der Waals surface area contributed by atoms with Crippen LogP contribution < -0.4 is 10.2 Å². The average molecular weight is 225 g/mol. The molecule has 0 aliphatic rings. The second-order valence-corrected chi connectivity index (χ2v) is 3.61. The molecule has 0 aliphatic heterocycles. The maximum atomic E-state index is 7.98. The van der Waals surface area contributed by atoms with Crippen LogP contribution >= 0.6 is 0 Å². The molecular weight excluding hydrogens is 210 g/mol. The van der Waals surface area contributed by atoms with Crippen molar-refractivity contribution in [3.63, 3.8) is 0 Å². The molecule has 2 aromatic carbocycles. The summed E-state index contributed by atoms with van der Waals surface area (Å²) in [6, 6.07) is 19.7. The van der Waals surface area contributed by atoms with Crippen molar-refractivity contribution in [3.05, 3.63) is 60.7 Å². The van der Waals surface area contributed by atoms with Gasteiger partial charge in [-0.2, -0.15) is 0 Å². The summed E-state index contributed by atoms with van der Waals surface area (Å²) in [7, 11) is 1.75. The first-order valence-electron chi connectivity index (χ1n) is 5.49. The van der Waals surface area contributed by atoms with Gasteiger partial charge in [-0.3, -0.25) is 10.3 Å². The quantitative estimate of drug-likeness (QED) is 0.609. The maximum Gasteiger partial charge on any atom is 0.200 e. The van der Waals surface area contributed by atoms with Gasteiger partial charge in [0.1, 0.15) is 0 Å². The Morgan fingerprint density at radius 2 is 1.29 bits per heavy atom. The Balaban J connectivity index is 2.43. The predicted molar refractivity (Wildman–Crippen MR) is 71.8 cm³/mol. The number of rotatable bonds is 2. The summed E-state index contributed by atoms with van der Waals surface area (Å²) in [5.41, 5.74) is 1.94. The molecule has 0 bridgehead atoms. The standard InChI is InChI=1S/C14H15N3/c1-16-14(15)17(12-8-4-2-5-9-12)13-10-6-3-7-11-13/h2-11H,1H3,(H2,15,16). The molecule has 0 aromatic heterocycles. The van der Waals surface area contributed by atoms with Crippen LogP contribution in [0.25, 0.3) is 0 Å². The lowest BCUT2D eigenvalue weighted by molar-refractivity contribution is 1.08. The molecule has 0 unspecified atom stereocenters. The molecule has 2 rings (SSSR count). The van der Waals surface area contributed by atoms with E-state index in [1.807, 2.05) is 65.6 Å². The number of guanidine groups is 1. The molecule has 2 aromatic rings. The SMILES string of the molecule is CNC(=N)N(c1ccccc1)c1ccccc1. The van der Waals surface area contributed by atoms with E-state index >= 15 is 0 Å². The highest BCUT2D eigenvalue weighted by atomic mass is 15.3. The van der Waals surface area contributed by atoms with Gasteiger partial charge in [0.2, 0.25) is 0 Å². The Hall–Kier alpha value is -2.29. The van der Waals surface area contributed by atoms with Crippen LogP contribution in [0.5, 0.6) is 0 Å². The van der Waals surface area contributed by atoms with E-state index in [0.29, 0.717) is 5.96 Å². The van der Waals surface area contributed by atoms with E-state index in [0.717, 1.165) is 11.4 Å². The summed E-state index contributed by atoms with van der Waals surface area (Å²) in [5, 5.41) is 10.9. The largest absolute Gasteiger partial charge is 0.359 e. The van der Waals surface area contributed by atoms with Crippen LogP contribution in [0.2, 0.25) is 0 Å². The van der Waals surface area contributed by atoms with Crippen molar-refractivity contribution in [2.45, 2.75) is 0 Å². The van der Waals surface area contributed by atoms with Crippen molar-refractivity contribution in [1.82, 2.24) is 5.32 Å². The average Bonchev–Trinajstić information content (AvgIpc) is 2.41. The first-order valence-corrected chi connectivity index (χ1v) is 5.49. The third-order valence-electron chi connectivity index (χ3n) is 2.49. The first-order chi connectivity index (χ1) is 8.33. The zero-order valence-corrected chi connectivity index (χ0v) is 9.72. The molecule has 0 saturated carbocycles. The van der Waals surface area contributed by atoms with Crippen molar-refractivity contribution in [3.8, 4) is 0 Å². The number of nitrogens with one attached hydrogen (secondary N) is 2.